The summed E-state index contributed by atoms with van der Waals surface area (Å²) in [6.45, 7) is 0. The van der Waals surface area contributed by atoms with Crippen LogP contribution in [0.2, 0.25) is 0 Å². The Labute approximate surface area is 111 Å². The molecule has 0 unspecified atom stereocenters. The van der Waals surface area contributed by atoms with E-state index in [2.05, 4.69) is 5.32 Å². The summed E-state index contributed by atoms with van der Waals surface area (Å²) in [5, 5.41) is 2.53. The second kappa shape index (κ2) is 6.31. The molecule has 0 aliphatic rings. The van der Waals surface area contributed by atoms with E-state index in [-0.39, 0.29) is 11.6 Å². The minimum absolute atomic E-state index is 0.111. The molecule has 93 valence electrons. The van der Waals surface area contributed by atoms with Gasteiger partial charge in [-0.25, -0.2) is 0 Å². The SMILES string of the molecule is O=[C]C(=Cc1ccccc1)NC(=O)c1ccccc1. The van der Waals surface area contributed by atoms with Gasteiger partial charge < -0.3 is 5.32 Å². The number of amides is 1. The van der Waals surface area contributed by atoms with Crippen molar-refractivity contribution in [1.82, 2.24) is 5.32 Å². The molecule has 1 amide bonds. The van der Waals surface area contributed by atoms with E-state index >= 15 is 0 Å². The van der Waals surface area contributed by atoms with Gasteiger partial charge >= 0.3 is 0 Å². The number of hydrogen-bond donors (Lipinski definition) is 1. The number of carbonyl (C=O) groups excluding carboxylic acids is 2. The number of hydrogen-bond acceptors (Lipinski definition) is 2. The van der Waals surface area contributed by atoms with E-state index in [9.17, 15) is 9.59 Å². The highest BCUT2D eigenvalue weighted by Crippen LogP contribution is 2.05. The molecule has 1 N–H and O–H groups in total. The summed E-state index contributed by atoms with van der Waals surface area (Å²) in [7, 11) is 0. The third-order valence-electron chi connectivity index (χ3n) is 2.50. The smallest absolute Gasteiger partial charge is 0.255 e. The second-order valence-corrected chi connectivity index (χ2v) is 3.89. The first-order valence-corrected chi connectivity index (χ1v) is 5.81. The van der Waals surface area contributed by atoms with E-state index in [4.69, 9.17) is 0 Å². The first-order valence-electron chi connectivity index (χ1n) is 5.81. The number of benzene rings is 2. The summed E-state index contributed by atoms with van der Waals surface area (Å²) in [6.07, 6.45) is 3.31. The Morgan fingerprint density at radius 3 is 2.11 bits per heavy atom. The predicted octanol–water partition coefficient (Wildman–Crippen LogP) is 2.57. The van der Waals surface area contributed by atoms with Gasteiger partial charge in [0, 0.05) is 5.56 Å². The Bertz CT molecular complexity index is 589. The maximum atomic E-state index is 11.9. The molecule has 2 aromatic carbocycles. The molecule has 0 aliphatic heterocycles. The van der Waals surface area contributed by atoms with Crippen LogP contribution in [0, 0.1) is 0 Å². The Kier molecular flexibility index (Phi) is 4.24. The molecule has 0 aromatic heterocycles. The molecule has 0 bridgehead atoms. The van der Waals surface area contributed by atoms with Crippen LogP contribution in [0.5, 0.6) is 0 Å². The maximum Gasteiger partial charge on any atom is 0.255 e. The van der Waals surface area contributed by atoms with Crippen LogP contribution in [0.15, 0.2) is 66.4 Å². The van der Waals surface area contributed by atoms with Crippen molar-refractivity contribution in [3.63, 3.8) is 0 Å². The largest absolute Gasteiger partial charge is 0.319 e. The third kappa shape index (κ3) is 3.64. The molecule has 0 aliphatic carbocycles. The van der Waals surface area contributed by atoms with Crippen molar-refractivity contribution in [2.75, 3.05) is 0 Å². The zero-order valence-electron chi connectivity index (χ0n) is 10.2. The van der Waals surface area contributed by atoms with Crippen LogP contribution < -0.4 is 5.32 Å². The molecule has 2 aromatic rings. The van der Waals surface area contributed by atoms with Crippen LogP contribution in [-0.4, -0.2) is 12.2 Å². The number of carbonyl (C=O) groups is 1. The highest BCUT2D eigenvalue weighted by Gasteiger charge is 2.06. The predicted molar refractivity (Wildman–Crippen MR) is 74.0 cm³/mol. The van der Waals surface area contributed by atoms with E-state index < -0.39 is 0 Å². The molecule has 19 heavy (non-hydrogen) atoms. The molecular formula is C16H12NO2. The van der Waals surface area contributed by atoms with Crippen LogP contribution in [0.4, 0.5) is 0 Å². The van der Waals surface area contributed by atoms with E-state index in [1.165, 1.54) is 0 Å². The van der Waals surface area contributed by atoms with Gasteiger partial charge in [0.1, 0.15) is 0 Å². The van der Waals surface area contributed by atoms with E-state index in [0.29, 0.717) is 5.56 Å². The Morgan fingerprint density at radius 2 is 1.53 bits per heavy atom. The Hall–Kier alpha value is -2.68. The van der Waals surface area contributed by atoms with Crippen molar-refractivity contribution in [2.24, 2.45) is 0 Å². The topological polar surface area (TPSA) is 46.2 Å². The molecule has 0 saturated carbocycles. The summed E-state index contributed by atoms with van der Waals surface area (Å²) in [6, 6.07) is 18.0. The minimum atomic E-state index is -0.328. The molecule has 2 rings (SSSR count). The Balaban J connectivity index is 2.14. The quantitative estimate of drug-likeness (QED) is 0.848. The monoisotopic (exact) mass is 250 g/mol. The fourth-order valence-corrected chi connectivity index (χ4v) is 1.59. The number of rotatable bonds is 4. The van der Waals surface area contributed by atoms with Crippen molar-refractivity contribution < 1.29 is 9.59 Å². The zero-order valence-corrected chi connectivity index (χ0v) is 10.2. The molecule has 0 atom stereocenters. The molecule has 1 radical (unpaired) electrons. The van der Waals surface area contributed by atoms with Gasteiger partial charge in [-0.3, -0.25) is 9.59 Å². The lowest BCUT2D eigenvalue weighted by molar-refractivity contribution is 0.0968. The van der Waals surface area contributed by atoms with Crippen molar-refractivity contribution in [2.45, 2.75) is 0 Å². The average molecular weight is 250 g/mol. The molecule has 0 spiro atoms. The Morgan fingerprint density at radius 1 is 0.947 bits per heavy atom. The van der Waals surface area contributed by atoms with Gasteiger partial charge in [0.15, 0.2) is 0 Å². The van der Waals surface area contributed by atoms with Gasteiger partial charge in [-0.05, 0) is 23.8 Å². The van der Waals surface area contributed by atoms with Crippen molar-refractivity contribution >= 4 is 18.3 Å². The average Bonchev–Trinajstić information content (AvgIpc) is 2.48. The van der Waals surface area contributed by atoms with Crippen molar-refractivity contribution in [3.8, 4) is 0 Å². The van der Waals surface area contributed by atoms with Gasteiger partial charge in [-0.2, -0.15) is 0 Å². The lowest BCUT2D eigenvalue weighted by Gasteiger charge is -2.03. The maximum absolute atomic E-state index is 11.9. The molecule has 0 heterocycles. The molecule has 0 saturated heterocycles. The fourth-order valence-electron chi connectivity index (χ4n) is 1.59. The highest BCUT2D eigenvalue weighted by atomic mass is 16.2. The highest BCUT2D eigenvalue weighted by molar-refractivity contribution is 5.99. The van der Waals surface area contributed by atoms with Gasteiger partial charge in [0.2, 0.25) is 0 Å². The normalized spacial score (nSPS) is 10.8. The van der Waals surface area contributed by atoms with Gasteiger partial charge in [0.25, 0.3) is 12.2 Å². The summed E-state index contributed by atoms with van der Waals surface area (Å²) in [4.78, 5) is 22.7. The van der Waals surface area contributed by atoms with Gasteiger partial charge in [-0.1, -0.05) is 48.5 Å². The first-order chi connectivity index (χ1) is 9.29. The fraction of sp³-hybridized carbons (Fsp3) is 0. The molecule has 3 nitrogen and oxygen atoms in total. The van der Waals surface area contributed by atoms with Crippen molar-refractivity contribution in [3.05, 3.63) is 77.5 Å². The van der Waals surface area contributed by atoms with E-state index in [1.807, 2.05) is 36.4 Å². The standard InChI is InChI=1S/C16H12NO2/c18-12-15(11-13-7-3-1-4-8-13)17-16(19)14-9-5-2-6-10-14/h1-11H,(H,17,19). The second-order valence-electron chi connectivity index (χ2n) is 3.89. The summed E-state index contributed by atoms with van der Waals surface area (Å²) in [5.74, 6) is -0.328. The number of nitrogens with one attached hydrogen (secondary N) is 1. The van der Waals surface area contributed by atoms with Crippen LogP contribution >= 0.6 is 0 Å². The minimum Gasteiger partial charge on any atom is -0.319 e. The lowest BCUT2D eigenvalue weighted by Crippen LogP contribution is -2.23. The summed E-state index contributed by atoms with van der Waals surface area (Å²) in [5.41, 5.74) is 1.44. The van der Waals surface area contributed by atoms with E-state index in [1.54, 1.807) is 36.6 Å². The lowest BCUT2D eigenvalue weighted by atomic mass is 10.2. The molecular weight excluding hydrogens is 238 g/mol. The zero-order chi connectivity index (χ0) is 13.5. The molecule has 0 fully saturated rings. The third-order valence-corrected chi connectivity index (χ3v) is 2.50. The first kappa shape index (κ1) is 12.8. The van der Waals surface area contributed by atoms with Crippen molar-refractivity contribution in [1.29, 1.82) is 0 Å². The molecule has 3 heteroatoms. The van der Waals surface area contributed by atoms with Gasteiger partial charge in [-0.15, -0.1) is 0 Å². The van der Waals surface area contributed by atoms with Gasteiger partial charge in [0.05, 0.1) is 5.70 Å². The van der Waals surface area contributed by atoms with Crippen LogP contribution in [-0.2, 0) is 4.79 Å². The summed E-state index contributed by atoms with van der Waals surface area (Å²) >= 11 is 0. The van der Waals surface area contributed by atoms with E-state index in [0.717, 1.165) is 5.56 Å². The number of allylic oxidation sites excluding steroid dienone is 1. The van der Waals surface area contributed by atoms with Crippen LogP contribution in [0.3, 0.4) is 0 Å². The van der Waals surface area contributed by atoms with Crippen LogP contribution in [0.25, 0.3) is 6.08 Å². The summed E-state index contributed by atoms with van der Waals surface area (Å²) < 4.78 is 0. The van der Waals surface area contributed by atoms with Crippen LogP contribution in [0.1, 0.15) is 15.9 Å².